The second-order valence-corrected chi connectivity index (χ2v) is 11.5. The summed E-state index contributed by atoms with van der Waals surface area (Å²) in [5, 5.41) is 5.91. The van der Waals surface area contributed by atoms with Crippen LogP contribution in [0, 0.1) is 11.8 Å². The number of carbonyl (C=O) groups excluding carboxylic acids is 2. The quantitative estimate of drug-likeness (QED) is 0.414. The molecule has 2 fully saturated rings. The van der Waals surface area contributed by atoms with Crippen LogP contribution in [0.1, 0.15) is 24.8 Å². The van der Waals surface area contributed by atoms with Crippen LogP contribution in [0.2, 0.25) is 0 Å². The van der Waals surface area contributed by atoms with E-state index in [1.807, 2.05) is 0 Å². The normalized spacial score (nSPS) is 21.0. The molecule has 5 nitrogen and oxygen atoms in total. The van der Waals surface area contributed by atoms with Crippen LogP contribution in [0.4, 0.5) is 0 Å². The summed E-state index contributed by atoms with van der Waals surface area (Å²) in [4.78, 5) is 23.0. The average Bonchev–Trinajstić information content (AvgIpc) is 3.04. The number of carbonyl (C=O) groups is 2. The molecule has 0 bridgehead atoms. The predicted octanol–water partition coefficient (Wildman–Crippen LogP) is 3.95. The highest BCUT2D eigenvalue weighted by atomic mass is 32.3. The molecule has 7 heteroatoms. The summed E-state index contributed by atoms with van der Waals surface area (Å²) in [6.07, 6.45) is 3.34. The first-order valence-corrected chi connectivity index (χ1v) is 13.0. The molecular weight excluding hydrogens is 418 g/mol. The molecule has 2 saturated heterocycles. The van der Waals surface area contributed by atoms with Crippen molar-refractivity contribution in [2.45, 2.75) is 30.3 Å². The molecule has 1 spiro atoms. The van der Waals surface area contributed by atoms with Crippen molar-refractivity contribution < 1.29 is 18.0 Å². The summed E-state index contributed by atoms with van der Waals surface area (Å²) in [7, 11) is -2.07. The van der Waals surface area contributed by atoms with Gasteiger partial charge in [0.1, 0.15) is 4.58 Å². The highest BCUT2D eigenvalue weighted by Crippen LogP contribution is 2.65. The van der Waals surface area contributed by atoms with E-state index in [-0.39, 0.29) is 4.58 Å². The van der Waals surface area contributed by atoms with Crippen molar-refractivity contribution in [3.05, 3.63) is 48.0 Å². The van der Waals surface area contributed by atoms with Gasteiger partial charge in [-0.25, -0.2) is 9.59 Å². The van der Waals surface area contributed by atoms with Gasteiger partial charge >= 0.3 is 11.9 Å². The molecule has 0 aliphatic carbocycles. The molecule has 30 heavy (non-hydrogen) atoms. The van der Waals surface area contributed by atoms with Gasteiger partial charge in [0.05, 0.1) is 12.3 Å². The Balaban J connectivity index is 1.18. The van der Waals surface area contributed by atoms with Gasteiger partial charge in [-0.3, -0.25) is 0 Å². The SMILES string of the molecule is O=C1OS2(CCCSC2CCC#CCNCCc2ccc3ccccc3c2)OC1=O. The number of hydrogen-bond acceptors (Lipinski definition) is 6. The minimum absolute atomic E-state index is 0.0387. The van der Waals surface area contributed by atoms with Gasteiger partial charge in [-0.15, -0.1) is 17.7 Å². The number of thioether (sulfide) groups is 1. The van der Waals surface area contributed by atoms with Gasteiger partial charge in [0.25, 0.3) is 0 Å². The van der Waals surface area contributed by atoms with E-state index in [1.54, 1.807) is 11.8 Å². The van der Waals surface area contributed by atoms with Gasteiger partial charge in [-0.05, 0) is 41.4 Å². The fourth-order valence-corrected chi connectivity index (χ4v) is 8.66. The first-order chi connectivity index (χ1) is 14.7. The fraction of sp³-hybridized carbons (Fsp3) is 0.391. The Morgan fingerprint density at radius 1 is 1.07 bits per heavy atom. The Hall–Kier alpha value is -2.14. The van der Waals surface area contributed by atoms with Crippen LogP contribution in [0.15, 0.2) is 42.5 Å². The molecule has 0 aromatic heterocycles. The van der Waals surface area contributed by atoms with E-state index in [1.165, 1.54) is 16.3 Å². The third kappa shape index (κ3) is 4.94. The Morgan fingerprint density at radius 2 is 1.87 bits per heavy atom. The topological polar surface area (TPSA) is 64.6 Å². The summed E-state index contributed by atoms with van der Waals surface area (Å²) < 4.78 is 10.8. The zero-order chi connectivity index (χ0) is 20.8. The Morgan fingerprint density at radius 3 is 2.70 bits per heavy atom. The largest absolute Gasteiger partial charge is 0.441 e. The van der Waals surface area contributed by atoms with Crippen molar-refractivity contribution in [1.82, 2.24) is 5.32 Å². The third-order valence-electron chi connectivity index (χ3n) is 5.13. The molecule has 158 valence electrons. The second-order valence-electron chi connectivity index (χ2n) is 7.26. The van der Waals surface area contributed by atoms with E-state index >= 15 is 0 Å². The number of nitrogens with one attached hydrogen (secondary N) is 1. The highest BCUT2D eigenvalue weighted by molar-refractivity contribution is 8.35. The molecule has 1 unspecified atom stereocenters. The molecule has 0 amide bonds. The summed E-state index contributed by atoms with van der Waals surface area (Å²) in [5.74, 6) is 6.34. The van der Waals surface area contributed by atoms with E-state index in [9.17, 15) is 9.59 Å². The van der Waals surface area contributed by atoms with Crippen molar-refractivity contribution in [1.29, 1.82) is 0 Å². The minimum Gasteiger partial charge on any atom is -0.333 e. The zero-order valence-corrected chi connectivity index (χ0v) is 18.4. The maximum absolute atomic E-state index is 11.5. The van der Waals surface area contributed by atoms with Crippen LogP contribution in [0.5, 0.6) is 0 Å². The molecule has 1 N–H and O–H groups in total. The summed E-state index contributed by atoms with van der Waals surface area (Å²) in [6, 6.07) is 15.0. The number of rotatable bonds is 6. The zero-order valence-electron chi connectivity index (χ0n) is 16.7. The summed E-state index contributed by atoms with van der Waals surface area (Å²) >= 11 is 1.73. The minimum atomic E-state index is -2.07. The van der Waals surface area contributed by atoms with E-state index in [2.05, 4.69) is 59.6 Å². The lowest BCUT2D eigenvalue weighted by molar-refractivity contribution is -0.150. The van der Waals surface area contributed by atoms with E-state index in [4.69, 9.17) is 8.37 Å². The van der Waals surface area contributed by atoms with Crippen molar-refractivity contribution in [3.63, 3.8) is 0 Å². The fourth-order valence-electron chi connectivity index (χ4n) is 3.62. The lowest BCUT2D eigenvalue weighted by atomic mass is 10.1. The lowest BCUT2D eigenvalue weighted by Gasteiger charge is -2.44. The molecule has 2 aliphatic heterocycles. The Labute approximate surface area is 183 Å². The van der Waals surface area contributed by atoms with E-state index in [0.717, 1.165) is 31.6 Å². The smallest absolute Gasteiger partial charge is 0.333 e. The lowest BCUT2D eigenvalue weighted by Crippen LogP contribution is -2.24. The van der Waals surface area contributed by atoms with Crippen LogP contribution >= 0.6 is 22.4 Å². The summed E-state index contributed by atoms with van der Waals surface area (Å²) in [5.41, 5.74) is 1.32. The van der Waals surface area contributed by atoms with E-state index in [0.29, 0.717) is 18.7 Å². The maximum atomic E-state index is 11.5. The van der Waals surface area contributed by atoms with E-state index < -0.39 is 22.5 Å². The first-order valence-electron chi connectivity index (χ1n) is 10.2. The molecule has 2 aromatic rings. The van der Waals surface area contributed by atoms with Crippen LogP contribution < -0.4 is 5.32 Å². The second kappa shape index (κ2) is 9.78. The van der Waals surface area contributed by atoms with Crippen LogP contribution in [0.25, 0.3) is 10.8 Å². The number of fused-ring (bicyclic) bond motifs is 1. The van der Waals surface area contributed by atoms with Crippen molar-refractivity contribution in [2.75, 3.05) is 24.6 Å². The van der Waals surface area contributed by atoms with Gasteiger partial charge in [0, 0.05) is 13.0 Å². The molecule has 2 aliphatic rings. The van der Waals surface area contributed by atoms with Crippen molar-refractivity contribution in [2.24, 2.45) is 0 Å². The standard InChI is InChI=1S/C23H25NO4S2/c25-22-23(26)28-30(27-22)16-6-15-29-21(30)9-2-1-5-13-24-14-12-18-10-11-19-7-3-4-8-20(19)17-18/h3-4,7-8,10-11,17,21,24H,2,6,9,12-16H2. The molecule has 2 aromatic carbocycles. The molecule has 2 heterocycles. The predicted molar refractivity (Wildman–Crippen MR) is 123 cm³/mol. The van der Waals surface area contributed by atoms with Gasteiger partial charge in [0.15, 0.2) is 0 Å². The Bertz CT molecular complexity index is 981. The van der Waals surface area contributed by atoms with Crippen LogP contribution in [0.3, 0.4) is 0 Å². The molecule has 4 rings (SSSR count). The van der Waals surface area contributed by atoms with Gasteiger partial charge in [-0.1, -0.05) is 59.0 Å². The van der Waals surface area contributed by atoms with Gasteiger partial charge in [0.2, 0.25) is 0 Å². The summed E-state index contributed by atoms with van der Waals surface area (Å²) in [6.45, 7) is 1.53. The molecular formula is C23H25NO4S2. The number of benzene rings is 2. The Kier molecular flexibility index (Phi) is 6.88. The number of hydrogen-bond donors (Lipinski definition) is 1. The highest BCUT2D eigenvalue weighted by Gasteiger charge is 2.48. The maximum Gasteiger partial charge on any atom is 0.441 e. The van der Waals surface area contributed by atoms with Crippen LogP contribution in [-0.2, 0) is 24.4 Å². The van der Waals surface area contributed by atoms with Crippen molar-refractivity contribution >= 4 is 45.1 Å². The average molecular weight is 444 g/mol. The monoisotopic (exact) mass is 443 g/mol. The molecule has 1 atom stereocenters. The van der Waals surface area contributed by atoms with Gasteiger partial charge < -0.3 is 13.7 Å². The van der Waals surface area contributed by atoms with Crippen molar-refractivity contribution in [3.8, 4) is 11.8 Å². The van der Waals surface area contributed by atoms with Crippen LogP contribution in [-0.4, -0.2) is 41.1 Å². The third-order valence-corrected chi connectivity index (χ3v) is 10.3. The van der Waals surface area contributed by atoms with Gasteiger partial charge in [-0.2, -0.15) is 0 Å². The molecule has 0 saturated carbocycles. The molecule has 0 radical (unpaired) electrons. The first kappa shape index (κ1) is 21.1.